The van der Waals surface area contributed by atoms with Gasteiger partial charge in [-0.1, -0.05) is 0 Å². The van der Waals surface area contributed by atoms with Crippen molar-refractivity contribution in [1.29, 1.82) is 0 Å². The maximum atomic E-state index is 11.8. The van der Waals surface area contributed by atoms with Gasteiger partial charge in [-0.25, -0.2) is 0 Å². The Hall–Kier alpha value is -0.940. The van der Waals surface area contributed by atoms with Crippen LogP contribution < -0.4 is 11.1 Å². The van der Waals surface area contributed by atoms with Crippen molar-refractivity contribution >= 4 is 17.2 Å². The van der Waals surface area contributed by atoms with Crippen molar-refractivity contribution in [2.45, 2.75) is 31.8 Å². The maximum absolute atomic E-state index is 11.8. The summed E-state index contributed by atoms with van der Waals surface area (Å²) in [5, 5.41) is 2.85. The predicted octanol–water partition coefficient (Wildman–Crippen LogP) is 0.887. The molecule has 0 aromatic carbocycles. The molecule has 5 heteroatoms. The van der Waals surface area contributed by atoms with Crippen LogP contribution in [0, 0.1) is 5.92 Å². The van der Waals surface area contributed by atoms with E-state index in [9.17, 15) is 4.79 Å². The molecule has 0 bridgehead atoms. The fraction of sp³-hybridized carbons (Fsp3) is 0.600. The first-order valence-corrected chi connectivity index (χ1v) is 5.93. The number of thiazole rings is 1. The third kappa shape index (κ3) is 2.35. The molecule has 1 saturated carbocycles. The van der Waals surface area contributed by atoms with E-state index in [1.54, 1.807) is 11.7 Å². The molecule has 1 aromatic rings. The lowest BCUT2D eigenvalue weighted by molar-refractivity contribution is -0.126. The number of hydrogen-bond acceptors (Lipinski definition) is 4. The number of carbonyl (C=O) groups is 1. The molecular formula is C10H15N3OS. The van der Waals surface area contributed by atoms with Crippen molar-refractivity contribution in [1.82, 2.24) is 10.3 Å². The molecule has 1 atom stereocenters. The number of nitrogens with two attached hydrogens (primary N) is 1. The van der Waals surface area contributed by atoms with Gasteiger partial charge in [0.05, 0.1) is 17.6 Å². The summed E-state index contributed by atoms with van der Waals surface area (Å²) in [4.78, 5) is 16.8. The highest BCUT2D eigenvalue weighted by atomic mass is 32.1. The molecule has 1 fully saturated rings. The highest BCUT2D eigenvalue weighted by Crippen LogP contribution is 2.38. The quantitative estimate of drug-likeness (QED) is 0.799. The summed E-state index contributed by atoms with van der Waals surface area (Å²) in [6, 6.07) is 0. The molecule has 15 heavy (non-hydrogen) atoms. The molecule has 1 unspecified atom stereocenters. The summed E-state index contributed by atoms with van der Waals surface area (Å²) in [6.07, 6.45) is 3.90. The van der Waals surface area contributed by atoms with Gasteiger partial charge in [-0.15, -0.1) is 11.3 Å². The molecule has 1 aliphatic carbocycles. The molecule has 1 heterocycles. The van der Waals surface area contributed by atoms with Gasteiger partial charge in [-0.05, 0) is 25.7 Å². The van der Waals surface area contributed by atoms with Crippen LogP contribution in [0.1, 0.15) is 24.6 Å². The van der Waals surface area contributed by atoms with Crippen molar-refractivity contribution in [3.05, 3.63) is 16.6 Å². The summed E-state index contributed by atoms with van der Waals surface area (Å²) in [5.74, 6) is 0.303. The predicted molar refractivity (Wildman–Crippen MR) is 59.3 cm³/mol. The maximum Gasteiger partial charge on any atom is 0.240 e. The van der Waals surface area contributed by atoms with Crippen LogP contribution in [0.5, 0.6) is 0 Å². The number of hydrogen-bond donors (Lipinski definition) is 2. The lowest BCUT2D eigenvalue weighted by Crippen LogP contribution is -2.53. The summed E-state index contributed by atoms with van der Waals surface area (Å²) in [5.41, 5.74) is 7.03. The summed E-state index contributed by atoms with van der Waals surface area (Å²) < 4.78 is 0. The van der Waals surface area contributed by atoms with E-state index in [1.807, 2.05) is 6.92 Å². The summed E-state index contributed by atoms with van der Waals surface area (Å²) >= 11 is 1.53. The van der Waals surface area contributed by atoms with Crippen molar-refractivity contribution in [2.24, 2.45) is 11.7 Å². The molecule has 0 aliphatic heterocycles. The minimum absolute atomic E-state index is 0.0570. The lowest BCUT2D eigenvalue weighted by atomic mass is 9.96. The Balaban J connectivity index is 1.86. The van der Waals surface area contributed by atoms with E-state index in [0.29, 0.717) is 12.5 Å². The molecule has 2 rings (SSSR count). The fourth-order valence-electron chi connectivity index (χ4n) is 1.56. The Kier molecular flexibility index (Phi) is 2.75. The van der Waals surface area contributed by atoms with Crippen LogP contribution in [-0.4, -0.2) is 16.4 Å². The SMILES string of the molecule is CC(N)(C(=O)NCc1cncs1)C1CC1. The normalized spacial score (nSPS) is 19.6. The third-order valence-corrected chi connectivity index (χ3v) is 3.60. The van der Waals surface area contributed by atoms with Gasteiger partial charge in [0, 0.05) is 11.1 Å². The summed E-state index contributed by atoms with van der Waals surface area (Å²) in [6.45, 7) is 2.34. The molecule has 4 nitrogen and oxygen atoms in total. The molecule has 82 valence electrons. The Morgan fingerprint density at radius 2 is 2.53 bits per heavy atom. The van der Waals surface area contributed by atoms with E-state index in [1.165, 1.54) is 11.3 Å². The minimum Gasteiger partial charge on any atom is -0.350 e. The Morgan fingerprint density at radius 1 is 1.80 bits per heavy atom. The fourth-order valence-corrected chi connectivity index (χ4v) is 2.09. The van der Waals surface area contributed by atoms with E-state index in [4.69, 9.17) is 5.73 Å². The van der Waals surface area contributed by atoms with Gasteiger partial charge in [0.1, 0.15) is 0 Å². The van der Waals surface area contributed by atoms with Crippen LogP contribution in [-0.2, 0) is 11.3 Å². The van der Waals surface area contributed by atoms with Crippen LogP contribution in [0.4, 0.5) is 0 Å². The second-order valence-corrected chi connectivity index (χ2v) is 5.18. The van der Waals surface area contributed by atoms with E-state index < -0.39 is 5.54 Å². The zero-order valence-electron chi connectivity index (χ0n) is 8.69. The molecule has 0 radical (unpaired) electrons. The van der Waals surface area contributed by atoms with E-state index in [2.05, 4.69) is 10.3 Å². The van der Waals surface area contributed by atoms with Crippen LogP contribution in [0.25, 0.3) is 0 Å². The Morgan fingerprint density at radius 3 is 3.07 bits per heavy atom. The van der Waals surface area contributed by atoms with Gasteiger partial charge in [0.15, 0.2) is 0 Å². The van der Waals surface area contributed by atoms with Crippen molar-refractivity contribution in [3.63, 3.8) is 0 Å². The average molecular weight is 225 g/mol. The van der Waals surface area contributed by atoms with Gasteiger partial charge in [-0.3, -0.25) is 9.78 Å². The summed E-state index contributed by atoms with van der Waals surface area (Å²) in [7, 11) is 0. The van der Waals surface area contributed by atoms with Crippen molar-refractivity contribution < 1.29 is 4.79 Å². The molecule has 1 aliphatic rings. The lowest BCUT2D eigenvalue weighted by Gasteiger charge is -2.22. The van der Waals surface area contributed by atoms with Crippen LogP contribution >= 0.6 is 11.3 Å². The minimum atomic E-state index is -0.704. The van der Waals surface area contributed by atoms with Gasteiger partial charge in [0.25, 0.3) is 0 Å². The molecule has 1 amide bonds. The first-order valence-electron chi connectivity index (χ1n) is 5.05. The highest BCUT2D eigenvalue weighted by molar-refractivity contribution is 7.09. The first-order chi connectivity index (χ1) is 7.10. The van der Waals surface area contributed by atoms with E-state index >= 15 is 0 Å². The molecule has 0 spiro atoms. The van der Waals surface area contributed by atoms with Crippen LogP contribution in [0.15, 0.2) is 11.7 Å². The second kappa shape index (κ2) is 3.90. The van der Waals surface area contributed by atoms with E-state index in [-0.39, 0.29) is 5.91 Å². The average Bonchev–Trinajstić information content (AvgIpc) is 2.94. The number of carbonyl (C=O) groups excluding carboxylic acids is 1. The zero-order chi connectivity index (χ0) is 10.9. The second-order valence-electron chi connectivity index (χ2n) is 4.21. The Labute approximate surface area is 92.9 Å². The van der Waals surface area contributed by atoms with Gasteiger partial charge in [-0.2, -0.15) is 0 Å². The van der Waals surface area contributed by atoms with Gasteiger partial charge >= 0.3 is 0 Å². The van der Waals surface area contributed by atoms with Crippen LogP contribution in [0.2, 0.25) is 0 Å². The van der Waals surface area contributed by atoms with Gasteiger partial charge < -0.3 is 11.1 Å². The topological polar surface area (TPSA) is 68.0 Å². The van der Waals surface area contributed by atoms with Crippen LogP contribution in [0.3, 0.4) is 0 Å². The number of nitrogens with one attached hydrogen (secondary N) is 1. The number of amides is 1. The Bertz CT molecular complexity index is 344. The molecule has 3 N–H and O–H groups in total. The van der Waals surface area contributed by atoms with Crippen molar-refractivity contribution in [3.8, 4) is 0 Å². The zero-order valence-corrected chi connectivity index (χ0v) is 9.51. The van der Waals surface area contributed by atoms with Gasteiger partial charge in [0.2, 0.25) is 5.91 Å². The standard InChI is InChI=1S/C10H15N3OS/c1-10(11,7-2-3-7)9(14)13-5-8-4-12-6-15-8/h4,6-7H,2-3,5,11H2,1H3,(H,13,14). The molecular weight excluding hydrogens is 210 g/mol. The smallest absolute Gasteiger partial charge is 0.240 e. The molecule has 1 aromatic heterocycles. The number of aromatic nitrogens is 1. The molecule has 0 saturated heterocycles. The van der Waals surface area contributed by atoms with Crippen molar-refractivity contribution in [2.75, 3.05) is 0 Å². The number of rotatable bonds is 4. The highest BCUT2D eigenvalue weighted by Gasteiger charge is 2.43. The third-order valence-electron chi connectivity index (χ3n) is 2.82. The monoisotopic (exact) mass is 225 g/mol. The largest absolute Gasteiger partial charge is 0.350 e. The first kappa shape index (κ1) is 10.6. The number of nitrogens with zero attached hydrogens (tertiary/aromatic N) is 1. The van der Waals surface area contributed by atoms with E-state index in [0.717, 1.165) is 17.7 Å².